The Hall–Kier alpha value is -1.39. The quantitative estimate of drug-likeness (QED) is 0.936. The number of rotatable bonds is 4. The van der Waals surface area contributed by atoms with Crippen molar-refractivity contribution < 1.29 is 5.11 Å². The molecule has 0 fully saturated rings. The van der Waals surface area contributed by atoms with Gasteiger partial charge in [0.15, 0.2) is 0 Å². The molecule has 1 aromatic carbocycles. The molecule has 3 nitrogen and oxygen atoms in total. The molecule has 1 unspecified atom stereocenters. The Morgan fingerprint density at radius 3 is 2.68 bits per heavy atom. The first-order valence-corrected chi connectivity index (χ1v) is 6.95. The van der Waals surface area contributed by atoms with E-state index in [-0.39, 0.29) is 0 Å². The van der Waals surface area contributed by atoms with Gasteiger partial charge in [-0.2, -0.15) is 0 Å². The summed E-state index contributed by atoms with van der Waals surface area (Å²) < 4.78 is 1.08. The molecule has 1 heterocycles. The molecule has 100 valence electrons. The molecule has 0 bridgehead atoms. The predicted octanol–water partition coefficient (Wildman–Crippen LogP) is 3.53. The van der Waals surface area contributed by atoms with E-state index in [1.165, 1.54) is 5.56 Å². The summed E-state index contributed by atoms with van der Waals surface area (Å²) in [6.07, 6.45) is 1.27. The lowest BCUT2D eigenvalue weighted by Gasteiger charge is -2.19. The van der Waals surface area contributed by atoms with E-state index >= 15 is 0 Å². The molecule has 2 rings (SSSR count). The summed E-state index contributed by atoms with van der Waals surface area (Å²) in [5, 5.41) is 9.44. The van der Waals surface area contributed by atoms with Gasteiger partial charge in [0.1, 0.15) is 0 Å². The van der Waals surface area contributed by atoms with Crippen molar-refractivity contribution in [2.24, 2.45) is 0 Å². The fourth-order valence-electron chi connectivity index (χ4n) is 1.87. The summed E-state index contributed by atoms with van der Waals surface area (Å²) in [7, 11) is 2.03. The van der Waals surface area contributed by atoms with Crippen molar-refractivity contribution in [3.05, 3.63) is 58.3 Å². The lowest BCUT2D eigenvalue weighted by Crippen LogP contribution is -2.16. The Balaban J connectivity index is 2.09. The predicted molar refractivity (Wildman–Crippen MR) is 81.1 cm³/mol. The number of anilines is 1. The Morgan fingerprint density at radius 1 is 1.32 bits per heavy atom. The minimum atomic E-state index is -0.524. The smallest absolute Gasteiger partial charge is 0.0931 e. The minimum absolute atomic E-state index is 0.524. The summed E-state index contributed by atoms with van der Waals surface area (Å²) in [4.78, 5) is 6.38. The van der Waals surface area contributed by atoms with Crippen molar-refractivity contribution in [1.82, 2.24) is 4.98 Å². The maximum absolute atomic E-state index is 9.44. The topological polar surface area (TPSA) is 36.4 Å². The molecule has 0 saturated heterocycles. The Kier molecular flexibility index (Phi) is 4.56. The third kappa shape index (κ3) is 3.78. The van der Waals surface area contributed by atoms with Crippen molar-refractivity contribution in [1.29, 1.82) is 0 Å². The number of pyridine rings is 1. The van der Waals surface area contributed by atoms with Gasteiger partial charge in [-0.05, 0) is 36.8 Å². The number of aromatic nitrogens is 1. The van der Waals surface area contributed by atoms with Crippen LogP contribution in [0.4, 0.5) is 5.69 Å². The van der Waals surface area contributed by atoms with Crippen LogP contribution in [0.3, 0.4) is 0 Å². The van der Waals surface area contributed by atoms with Crippen molar-refractivity contribution in [3.63, 3.8) is 0 Å². The summed E-state index contributed by atoms with van der Waals surface area (Å²) in [5.74, 6) is 0. The molecule has 2 aromatic rings. The summed E-state index contributed by atoms with van der Waals surface area (Å²) in [6.45, 7) is 2.53. The summed E-state index contributed by atoms with van der Waals surface area (Å²) in [5.41, 5.74) is 2.96. The van der Waals surface area contributed by atoms with E-state index in [4.69, 9.17) is 0 Å². The van der Waals surface area contributed by atoms with E-state index < -0.39 is 6.10 Å². The zero-order valence-corrected chi connectivity index (χ0v) is 12.6. The van der Waals surface area contributed by atoms with E-state index in [2.05, 4.69) is 37.9 Å². The van der Waals surface area contributed by atoms with E-state index in [0.717, 1.165) is 16.7 Å². The van der Waals surface area contributed by atoms with Crippen molar-refractivity contribution in [2.75, 3.05) is 11.9 Å². The molecule has 4 heteroatoms. The lowest BCUT2D eigenvalue weighted by atomic mass is 10.2. The molecule has 0 aliphatic heterocycles. The first-order chi connectivity index (χ1) is 9.06. The number of benzene rings is 1. The maximum Gasteiger partial charge on any atom is 0.0931 e. The molecular weight excluding hydrogens is 304 g/mol. The van der Waals surface area contributed by atoms with Gasteiger partial charge in [0.05, 0.1) is 23.7 Å². The highest BCUT2D eigenvalue weighted by Gasteiger charge is 2.06. The number of halogens is 1. The van der Waals surface area contributed by atoms with Gasteiger partial charge in [-0.25, -0.2) is 0 Å². The Morgan fingerprint density at radius 2 is 2.11 bits per heavy atom. The third-order valence-electron chi connectivity index (χ3n) is 2.95. The van der Waals surface area contributed by atoms with E-state index in [1.54, 1.807) is 13.1 Å². The zero-order chi connectivity index (χ0) is 13.8. The number of nitrogens with zero attached hydrogens (tertiary/aromatic N) is 2. The van der Waals surface area contributed by atoms with Crippen molar-refractivity contribution in [3.8, 4) is 0 Å². The number of hydrogen-bond donors (Lipinski definition) is 1. The highest BCUT2D eigenvalue weighted by Crippen LogP contribution is 2.18. The Bertz CT molecular complexity index is 540. The van der Waals surface area contributed by atoms with Crippen LogP contribution >= 0.6 is 15.9 Å². The van der Waals surface area contributed by atoms with Crippen LogP contribution in [0.25, 0.3) is 0 Å². The average Bonchev–Trinajstić information content (AvgIpc) is 2.39. The van der Waals surface area contributed by atoms with Gasteiger partial charge < -0.3 is 10.0 Å². The fraction of sp³-hybridized carbons (Fsp3) is 0.267. The zero-order valence-electron chi connectivity index (χ0n) is 11.0. The lowest BCUT2D eigenvalue weighted by molar-refractivity contribution is 0.194. The monoisotopic (exact) mass is 320 g/mol. The van der Waals surface area contributed by atoms with Crippen molar-refractivity contribution >= 4 is 21.6 Å². The maximum atomic E-state index is 9.44. The molecule has 1 aromatic heterocycles. The van der Waals surface area contributed by atoms with Crippen molar-refractivity contribution in [2.45, 2.75) is 19.6 Å². The average molecular weight is 321 g/mol. The van der Waals surface area contributed by atoms with Crippen LogP contribution in [-0.4, -0.2) is 17.1 Å². The molecule has 0 spiro atoms. The summed E-state index contributed by atoms with van der Waals surface area (Å²) >= 11 is 3.48. The molecular formula is C15H17BrN2O. The van der Waals surface area contributed by atoms with Crippen LogP contribution in [-0.2, 0) is 6.54 Å². The minimum Gasteiger partial charge on any atom is -0.387 e. The van der Waals surface area contributed by atoms with Gasteiger partial charge in [-0.1, -0.05) is 28.1 Å². The van der Waals surface area contributed by atoms with Crippen LogP contribution < -0.4 is 4.90 Å². The first kappa shape index (κ1) is 14.0. The van der Waals surface area contributed by atoms with Gasteiger partial charge in [0.2, 0.25) is 0 Å². The second-order valence-electron chi connectivity index (χ2n) is 4.60. The molecule has 0 aliphatic carbocycles. The molecule has 0 aliphatic rings. The third-order valence-corrected chi connectivity index (χ3v) is 3.44. The van der Waals surface area contributed by atoms with Crippen LogP contribution in [0.1, 0.15) is 24.3 Å². The molecule has 1 atom stereocenters. The number of aliphatic hydroxyl groups excluding tert-OH is 1. The standard InChI is InChI=1S/C15H17BrN2O/c1-11(19)15-7-6-14(9-17-15)18(2)10-12-4-3-5-13(16)8-12/h3-9,11,19H,10H2,1-2H3. The molecule has 0 radical (unpaired) electrons. The molecule has 0 saturated carbocycles. The number of hydrogen-bond acceptors (Lipinski definition) is 3. The van der Waals surface area contributed by atoms with Crippen LogP contribution in [0.15, 0.2) is 47.1 Å². The van der Waals surface area contributed by atoms with E-state index in [1.807, 2.05) is 31.3 Å². The van der Waals surface area contributed by atoms with Crippen LogP contribution in [0.2, 0.25) is 0 Å². The van der Waals surface area contributed by atoms with Crippen LogP contribution in [0, 0.1) is 0 Å². The largest absolute Gasteiger partial charge is 0.387 e. The van der Waals surface area contributed by atoms with Gasteiger partial charge in [0.25, 0.3) is 0 Å². The van der Waals surface area contributed by atoms with Gasteiger partial charge in [0, 0.05) is 18.1 Å². The van der Waals surface area contributed by atoms with Gasteiger partial charge >= 0.3 is 0 Å². The highest BCUT2D eigenvalue weighted by molar-refractivity contribution is 9.10. The highest BCUT2D eigenvalue weighted by atomic mass is 79.9. The second-order valence-corrected chi connectivity index (χ2v) is 5.52. The second kappa shape index (κ2) is 6.17. The summed E-state index contributed by atoms with van der Waals surface area (Å²) in [6, 6.07) is 12.1. The first-order valence-electron chi connectivity index (χ1n) is 6.16. The fourth-order valence-corrected chi connectivity index (χ4v) is 2.32. The van der Waals surface area contributed by atoms with E-state index in [0.29, 0.717) is 5.69 Å². The van der Waals surface area contributed by atoms with Crippen LogP contribution in [0.5, 0.6) is 0 Å². The molecule has 0 amide bonds. The van der Waals surface area contributed by atoms with Gasteiger partial charge in [-0.15, -0.1) is 0 Å². The molecule has 1 N–H and O–H groups in total. The van der Waals surface area contributed by atoms with Gasteiger partial charge in [-0.3, -0.25) is 4.98 Å². The SMILES string of the molecule is CC(O)c1ccc(N(C)Cc2cccc(Br)c2)cn1. The number of aliphatic hydroxyl groups is 1. The molecule has 19 heavy (non-hydrogen) atoms. The normalized spacial score (nSPS) is 12.2. The Labute approximate surface area is 122 Å². The van der Waals surface area contributed by atoms with E-state index in [9.17, 15) is 5.11 Å².